The van der Waals surface area contributed by atoms with Crippen molar-refractivity contribution in [3.63, 3.8) is 0 Å². The van der Waals surface area contributed by atoms with Crippen LogP contribution in [0.4, 0.5) is 0 Å². The molecule has 3 nitrogen and oxygen atoms in total. The molecule has 0 spiro atoms. The zero-order chi connectivity index (χ0) is 14.6. The molecule has 1 saturated carbocycles. The summed E-state index contributed by atoms with van der Waals surface area (Å²) in [5, 5.41) is 0.605. The van der Waals surface area contributed by atoms with Crippen molar-refractivity contribution in [3.8, 4) is 0 Å². The summed E-state index contributed by atoms with van der Waals surface area (Å²) in [6.07, 6.45) is 6.77. The molecule has 0 aromatic carbocycles. The molecule has 1 aliphatic carbocycles. The van der Waals surface area contributed by atoms with E-state index in [0.717, 1.165) is 31.7 Å². The molecule has 2 aliphatic rings. The third-order valence-corrected chi connectivity index (χ3v) is 6.60. The summed E-state index contributed by atoms with van der Waals surface area (Å²) >= 11 is 2.02. The highest BCUT2D eigenvalue weighted by Gasteiger charge is 2.35. The molecule has 2 N–H and O–H groups in total. The van der Waals surface area contributed by atoms with Gasteiger partial charge in [-0.2, -0.15) is 11.8 Å². The SMILES string of the molecule is CC(C)C1CN(C(=O)CC2(CN)CCCCC2)CCS1. The predicted octanol–water partition coefficient (Wildman–Crippen LogP) is 2.89. The van der Waals surface area contributed by atoms with Gasteiger partial charge in [-0.3, -0.25) is 4.79 Å². The highest BCUT2D eigenvalue weighted by atomic mass is 32.2. The van der Waals surface area contributed by atoms with Crippen LogP contribution in [0.25, 0.3) is 0 Å². The van der Waals surface area contributed by atoms with E-state index in [2.05, 4.69) is 18.7 Å². The summed E-state index contributed by atoms with van der Waals surface area (Å²) in [5.74, 6) is 2.08. The van der Waals surface area contributed by atoms with Crippen LogP contribution in [0.1, 0.15) is 52.4 Å². The monoisotopic (exact) mass is 298 g/mol. The Morgan fingerprint density at radius 3 is 2.65 bits per heavy atom. The molecule has 2 rings (SSSR count). The second-order valence-electron chi connectivity index (χ2n) is 6.93. The van der Waals surface area contributed by atoms with E-state index < -0.39 is 0 Å². The Morgan fingerprint density at radius 2 is 2.05 bits per heavy atom. The molecular weight excluding hydrogens is 268 g/mol. The fourth-order valence-electron chi connectivity index (χ4n) is 3.49. The Balaban J connectivity index is 1.93. The number of nitrogens with zero attached hydrogens (tertiary/aromatic N) is 1. The summed E-state index contributed by atoms with van der Waals surface area (Å²) in [4.78, 5) is 14.8. The molecule has 0 aromatic rings. The summed E-state index contributed by atoms with van der Waals surface area (Å²) in [6.45, 7) is 7.05. The fourth-order valence-corrected chi connectivity index (χ4v) is 4.79. The van der Waals surface area contributed by atoms with Crippen LogP contribution in [0.5, 0.6) is 0 Å². The molecule has 1 amide bonds. The van der Waals surface area contributed by atoms with Crippen LogP contribution in [0.3, 0.4) is 0 Å². The largest absolute Gasteiger partial charge is 0.341 e. The minimum Gasteiger partial charge on any atom is -0.341 e. The molecule has 4 heteroatoms. The highest BCUT2D eigenvalue weighted by Crippen LogP contribution is 2.39. The predicted molar refractivity (Wildman–Crippen MR) is 86.9 cm³/mol. The van der Waals surface area contributed by atoms with Gasteiger partial charge >= 0.3 is 0 Å². The van der Waals surface area contributed by atoms with Crippen LogP contribution in [-0.4, -0.2) is 41.4 Å². The van der Waals surface area contributed by atoms with Gasteiger partial charge in [0.25, 0.3) is 0 Å². The van der Waals surface area contributed by atoms with Gasteiger partial charge in [-0.1, -0.05) is 33.1 Å². The Hall–Kier alpha value is -0.220. The summed E-state index contributed by atoms with van der Waals surface area (Å²) in [7, 11) is 0. The van der Waals surface area contributed by atoms with E-state index in [1.54, 1.807) is 0 Å². The second-order valence-corrected chi connectivity index (χ2v) is 8.28. The number of amides is 1. The zero-order valence-electron chi connectivity index (χ0n) is 13.1. The molecule has 1 heterocycles. The molecule has 1 saturated heterocycles. The van der Waals surface area contributed by atoms with Crippen molar-refractivity contribution in [1.82, 2.24) is 4.90 Å². The number of carbonyl (C=O) groups excluding carboxylic acids is 1. The summed E-state index contributed by atoms with van der Waals surface area (Å²) < 4.78 is 0. The minimum absolute atomic E-state index is 0.104. The van der Waals surface area contributed by atoms with Gasteiger partial charge in [0.2, 0.25) is 5.91 Å². The third kappa shape index (κ3) is 3.91. The van der Waals surface area contributed by atoms with Crippen LogP contribution in [0, 0.1) is 11.3 Å². The average molecular weight is 298 g/mol. The van der Waals surface area contributed by atoms with Crippen LogP contribution in [-0.2, 0) is 4.79 Å². The van der Waals surface area contributed by atoms with Gasteiger partial charge in [-0.25, -0.2) is 0 Å². The van der Waals surface area contributed by atoms with Crippen molar-refractivity contribution < 1.29 is 4.79 Å². The first-order chi connectivity index (χ1) is 9.56. The summed E-state index contributed by atoms with van der Waals surface area (Å²) in [5.41, 5.74) is 6.12. The quantitative estimate of drug-likeness (QED) is 0.868. The second kappa shape index (κ2) is 7.17. The van der Waals surface area contributed by atoms with Gasteiger partial charge in [0.1, 0.15) is 0 Å². The molecule has 1 aliphatic heterocycles. The topological polar surface area (TPSA) is 46.3 Å². The fraction of sp³-hybridized carbons (Fsp3) is 0.938. The first-order valence-electron chi connectivity index (χ1n) is 8.16. The molecule has 0 bridgehead atoms. The van der Waals surface area contributed by atoms with E-state index in [1.165, 1.54) is 19.3 Å². The molecule has 2 fully saturated rings. The van der Waals surface area contributed by atoms with E-state index in [-0.39, 0.29) is 5.41 Å². The van der Waals surface area contributed by atoms with Gasteiger partial charge < -0.3 is 10.6 Å². The van der Waals surface area contributed by atoms with Gasteiger partial charge in [-0.05, 0) is 30.7 Å². The standard InChI is InChI=1S/C16H30N2OS/c1-13(2)14-11-18(8-9-20-14)15(19)10-16(12-17)6-4-3-5-7-16/h13-14H,3-12,17H2,1-2H3. The van der Waals surface area contributed by atoms with Gasteiger partial charge in [0.15, 0.2) is 0 Å². The number of rotatable bonds is 4. The Labute approximate surface area is 128 Å². The smallest absolute Gasteiger partial charge is 0.223 e. The maximum Gasteiger partial charge on any atom is 0.223 e. The van der Waals surface area contributed by atoms with Crippen LogP contribution in [0.2, 0.25) is 0 Å². The molecule has 0 radical (unpaired) electrons. The Bertz CT molecular complexity index is 326. The summed E-state index contributed by atoms with van der Waals surface area (Å²) in [6, 6.07) is 0. The lowest BCUT2D eigenvalue weighted by Gasteiger charge is -2.39. The molecule has 1 atom stereocenters. The Kier molecular flexibility index (Phi) is 5.79. The van der Waals surface area contributed by atoms with E-state index in [1.807, 2.05) is 11.8 Å². The van der Waals surface area contributed by atoms with Crippen molar-refractivity contribution in [2.45, 2.75) is 57.6 Å². The normalized spacial score (nSPS) is 26.8. The maximum atomic E-state index is 12.7. The average Bonchev–Trinajstić information content (AvgIpc) is 2.48. The lowest BCUT2D eigenvalue weighted by Crippen LogP contribution is -2.46. The van der Waals surface area contributed by atoms with E-state index >= 15 is 0 Å². The van der Waals surface area contributed by atoms with Crippen molar-refractivity contribution in [1.29, 1.82) is 0 Å². The molecule has 20 heavy (non-hydrogen) atoms. The number of carbonyl (C=O) groups is 1. The van der Waals surface area contributed by atoms with Crippen molar-refractivity contribution in [2.75, 3.05) is 25.4 Å². The van der Waals surface area contributed by atoms with Crippen molar-refractivity contribution in [3.05, 3.63) is 0 Å². The first kappa shape index (κ1) is 16.2. The zero-order valence-corrected chi connectivity index (χ0v) is 13.9. The minimum atomic E-state index is 0.104. The number of hydrogen-bond acceptors (Lipinski definition) is 3. The van der Waals surface area contributed by atoms with Crippen molar-refractivity contribution >= 4 is 17.7 Å². The third-order valence-electron chi connectivity index (χ3n) is 5.06. The van der Waals surface area contributed by atoms with Gasteiger partial charge in [0.05, 0.1) is 0 Å². The number of thioether (sulfide) groups is 1. The van der Waals surface area contributed by atoms with Gasteiger partial charge in [-0.15, -0.1) is 0 Å². The number of hydrogen-bond donors (Lipinski definition) is 1. The molecule has 1 unspecified atom stereocenters. The van der Waals surface area contributed by atoms with E-state index in [4.69, 9.17) is 5.73 Å². The maximum absolute atomic E-state index is 12.7. The van der Waals surface area contributed by atoms with E-state index in [9.17, 15) is 4.79 Å². The Morgan fingerprint density at radius 1 is 1.35 bits per heavy atom. The molecular formula is C16H30N2OS. The van der Waals surface area contributed by atoms with Crippen molar-refractivity contribution in [2.24, 2.45) is 17.1 Å². The lowest BCUT2D eigenvalue weighted by molar-refractivity contribution is -0.134. The highest BCUT2D eigenvalue weighted by molar-refractivity contribution is 8.00. The van der Waals surface area contributed by atoms with Gasteiger partial charge in [0, 0.05) is 30.5 Å². The van der Waals surface area contributed by atoms with Crippen LogP contribution >= 0.6 is 11.8 Å². The van der Waals surface area contributed by atoms with Crippen LogP contribution in [0.15, 0.2) is 0 Å². The first-order valence-corrected chi connectivity index (χ1v) is 9.21. The van der Waals surface area contributed by atoms with Crippen LogP contribution < -0.4 is 5.73 Å². The van der Waals surface area contributed by atoms with E-state index in [0.29, 0.717) is 30.0 Å². The number of nitrogens with two attached hydrogens (primary N) is 1. The molecule has 0 aromatic heterocycles. The molecule has 116 valence electrons. The lowest BCUT2D eigenvalue weighted by atomic mass is 9.71.